The summed E-state index contributed by atoms with van der Waals surface area (Å²) < 4.78 is 0. The molecule has 0 aliphatic heterocycles. The lowest BCUT2D eigenvalue weighted by Crippen LogP contribution is -2.06. The van der Waals surface area contributed by atoms with Crippen molar-refractivity contribution in [2.24, 2.45) is 5.92 Å². The molecule has 0 spiro atoms. The lowest BCUT2D eigenvalue weighted by molar-refractivity contribution is 0.262. The van der Waals surface area contributed by atoms with Gasteiger partial charge in [0.25, 0.3) is 0 Å². The van der Waals surface area contributed by atoms with Gasteiger partial charge >= 0.3 is 0 Å². The van der Waals surface area contributed by atoms with Crippen LogP contribution in [-0.2, 0) is 0 Å². The number of hydrogen-bond donors (Lipinski definition) is 1. The van der Waals surface area contributed by atoms with E-state index >= 15 is 0 Å². The lowest BCUT2D eigenvalue weighted by Gasteiger charge is -2.20. The van der Waals surface area contributed by atoms with E-state index in [0.29, 0.717) is 6.61 Å². The van der Waals surface area contributed by atoms with Crippen molar-refractivity contribution in [3.8, 4) is 0 Å². The predicted octanol–water partition coefficient (Wildman–Crippen LogP) is 2.15. The highest BCUT2D eigenvalue weighted by molar-refractivity contribution is 4.77. The normalized spacial score (nSPS) is 21.3. The molecular formula is C9H17O. The van der Waals surface area contributed by atoms with E-state index in [2.05, 4.69) is 6.42 Å². The second-order valence-electron chi connectivity index (χ2n) is 3.19. The van der Waals surface area contributed by atoms with E-state index in [9.17, 15) is 0 Å². The molecule has 1 rings (SSSR count). The number of hydrogen-bond acceptors (Lipinski definition) is 1. The molecular weight excluding hydrogens is 124 g/mol. The summed E-state index contributed by atoms with van der Waals surface area (Å²) in [6.45, 7) is 0.372. The highest BCUT2D eigenvalue weighted by Gasteiger charge is 2.11. The summed E-state index contributed by atoms with van der Waals surface area (Å²) in [6.07, 6.45) is 9.99. The Balaban J connectivity index is 2.02. The van der Waals surface area contributed by atoms with Gasteiger partial charge in [-0.15, -0.1) is 0 Å². The van der Waals surface area contributed by atoms with Crippen LogP contribution >= 0.6 is 0 Å². The van der Waals surface area contributed by atoms with Gasteiger partial charge < -0.3 is 5.11 Å². The molecule has 0 bridgehead atoms. The molecule has 1 fully saturated rings. The average molecular weight is 141 g/mol. The average Bonchev–Trinajstić information content (AvgIpc) is 2.03. The van der Waals surface area contributed by atoms with Gasteiger partial charge in [-0.05, 0) is 31.6 Å². The highest BCUT2D eigenvalue weighted by Crippen LogP contribution is 2.26. The van der Waals surface area contributed by atoms with Gasteiger partial charge in [0, 0.05) is 6.61 Å². The minimum absolute atomic E-state index is 0.372. The van der Waals surface area contributed by atoms with Crippen LogP contribution in [0.25, 0.3) is 0 Å². The second kappa shape index (κ2) is 4.73. The third kappa shape index (κ3) is 2.70. The molecule has 1 unspecified atom stereocenters. The highest BCUT2D eigenvalue weighted by atomic mass is 16.2. The molecule has 0 saturated heterocycles. The van der Waals surface area contributed by atoms with Crippen molar-refractivity contribution < 1.29 is 5.11 Å². The minimum Gasteiger partial charge on any atom is -0.396 e. The van der Waals surface area contributed by atoms with Gasteiger partial charge in [0.2, 0.25) is 0 Å². The summed E-state index contributed by atoms with van der Waals surface area (Å²) in [7, 11) is 0. The first-order valence-corrected chi connectivity index (χ1v) is 4.36. The third-order valence-corrected chi connectivity index (χ3v) is 2.29. The molecule has 1 aliphatic carbocycles. The largest absolute Gasteiger partial charge is 0.396 e. The number of aliphatic hydroxyl groups is 1. The molecule has 1 atom stereocenters. The second-order valence-corrected chi connectivity index (χ2v) is 3.19. The molecule has 1 radical (unpaired) electrons. The van der Waals surface area contributed by atoms with Crippen LogP contribution in [-0.4, -0.2) is 11.7 Å². The molecule has 0 aromatic heterocycles. The van der Waals surface area contributed by atoms with Crippen molar-refractivity contribution in [1.29, 1.82) is 0 Å². The topological polar surface area (TPSA) is 20.2 Å². The zero-order valence-electron chi connectivity index (χ0n) is 6.55. The Labute approximate surface area is 63.4 Å². The van der Waals surface area contributed by atoms with E-state index in [1.807, 2.05) is 0 Å². The molecule has 1 N–H and O–H groups in total. The van der Waals surface area contributed by atoms with E-state index in [4.69, 9.17) is 5.11 Å². The number of rotatable bonds is 3. The summed E-state index contributed by atoms with van der Waals surface area (Å²) in [5, 5.41) is 8.59. The molecule has 0 aromatic carbocycles. The van der Waals surface area contributed by atoms with Crippen LogP contribution in [0, 0.1) is 12.3 Å². The van der Waals surface area contributed by atoms with Gasteiger partial charge in [-0.25, -0.2) is 0 Å². The Morgan fingerprint density at radius 1 is 1.50 bits per heavy atom. The van der Waals surface area contributed by atoms with Gasteiger partial charge in [0.15, 0.2) is 0 Å². The van der Waals surface area contributed by atoms with Crippen molar-refractivity contribution in [1.82, 2.24) is 0 Å². The van der Waals surface area contributed by atoms with E-state index in [-0.39, 0.29) is 0 Å². The number of aliphatic hydroxyl groups excluding tert-OH is 1. The van der Waals surface area contributed by atoms with Crippen molar-refractivity contribution in [2.45, 2.75) is 38.5 Å². The summed E-state index contributed by atoms with van der Waals surface area (Å²) in [4.78, 5) is 0. The first kappa shape index (κ1) is 8.06. The zero-order valence-corrected chi connectivity index (χ0v) is 6.55. The molecule has 1 aliphatic rings. The zero-order chi connectivity index (χ0) is 7.23. The Hall–Kier alpha value is -0.0400. The van der Waals surface area contributed by atoms with Crippen LogP contribution in [0.3, 0.4) is 0 Å². The van der Waals surface area contributed by atoms with E-state index < -0.39 is 0 Å². The van der Waals surface area contributed by atoms with Crippen LogP contribution in [0.1, 0.15) is 38.5 Å². The first-order chi connectivity index (χ1) is 4.93. The van der Waals surface area contributed by atoms with Crippen LogP contribution in [0.5, 0.6) is 0 Å². The molecule has 59 valence electrons. The Morgan fingerprint density at radius 3 is 3.00 bits per heavy atom. The molecule has 0 heterocycles. The quantitative estimate of drug-likeness (QED) is 0.638. The monoisotopic (exact) mass is 141 g/mol. The van der Waals surface area contributed by atoms with Gasteiger partial charge in [-0.2, -0.15) is 0 Å². The van der Waals surface area contributed by atoms with Gasteiger partial charge in [0.1, 0.15) is 0 Å². The van der Waals surface area contributed by atoms with Crippen LogP contribution in [0.15, 0.2) is 0 Å². The molecule has 1 nitrogen and oxygen atoms in total. The molecule has 1 heteroatoms. The van der Waals surface area contributed by atoms with Gasteiger partial charge in [0.05, 0.1) is 0 Å². The van der Waals surface area contributed by atoms with Crippen LogP contribution in [0.4, 0.5) is 0 Å². The maximum atomic E-state index is 8.59. The SMILES string of the molecule is OCCCC1C[CH]CCC1. The van der Waals surface area contributed by atoms with Crippen molar-refractivity contribution in [2.75, 3.05) is 6.61 Å². The smallest absolute Gasteiger partial charge is 0.0431 e. The van der Waals surface area contributed by atoms with Crippen LogP contribution < -0.4 is 0 Å². The summed E-state index contributed by atoms with van der Waals surface area (Å²) in [5.74, 6) is 0.890. The predicted molar refractivity (Wildman–Crippen MR) is 42.6 cm³/mol. The Bertz CT molecular complexity index is 74.8. The molecule has 0 amide bonds. The summed E-state index contributed by atoms with van der Waals surface area (Å²) in [5.41, 5.74) is 0. The maximum absolute atomic E-state index is 8.59. The van der Waals surface area contributed by atoms with Crippen molar-refractivity contribution >= 4 is 0 Å². The van der Waals surface area contributed by atoms with Crippen LogP contribution in [0.2, 0.25) is 0 Å². The fourth-order valence-electron chi connectivity index (χ4n) is 1.66. The summed E-state index contributed by atoms with van der Waals surface area (Å²) in [6, 6.07) is 0. The first-order valence-electron chi connectivity index (χ1n) is 4.36. The van der Waals surface area contributed by atoms with Gasteiger partial charge in [-0.3, -0.25) is 0 Å². The van der Waals surface area contributed by atoms with E-state index in [1.54, 1.807) is 0 Å². The standard InChI is InChI=1S/C9H17O/c10-8-4-7-9-5-2-1-3-6-9/h2,9-10H,1,3-8H2. The molecule has 10 heavy (non-hydrogen) atoms. The maximum Gasteiger partial charge on any atom is 0.0431 e. The third-order valence-electron chi connectivity index (χ3n) is 2.29. The minimum atomic E-state index is 0.372. The molecule has 0 aromatic rings. The Morgan fingerprint density at radius 2 is 2.40 bits per heavy atom. The fourth-order valence-corrected chi connectivity index (χ4v) is 1.66. The molecule has 1 saturated carbocycles. The van der Waals surface area contributed by atoms with Crippen molar-refractivity contribution in [3.63, 3.8) is 0 Å². The van der Waals surface area contributed by atoms with Crippen molar-refractivity contribution in [3.05, 3.63) is 6.42 Å². The lowest BCUT2D eigenvalue weighted by atomic mass is 9.86. The van der Waals surface area contributed by atoms with E-state index in [1.165, 1.54) is 32.1 Å². The summed E-state index contributed by atoms with van der Waals surface area (Å²) >= 11 is 0. The van der Waals surface area contributed by atoms with Gasteiger partial charge in [-0.1, -0.05) is 19.3 Å². The Kier molecular flexibility index (Phi) is 3.81. The van der Waals surface area contributed by atoms with E-state index in [0.717, 1.165) is 12.3 Å². The fraction of sp³-hybridized carbons (Fsp3) is 0.889.